The molecule has 0 saturated heterocycles. The maximum atomic E-state index is 12.3. The second kappa shape index (κ2) is 7.27. The largest absolute Gasteiger partial charge is 0.326 e. The topological polar surface area (TPSA) is 87.6 Å². The van der Waals surface area contributed by atoms with Crippen LogP contribution in [0.3, 0.4) is 0 Å². The van der Waals surface area contributed by atoms with Crippen LogP contribution in [0.2, 0.25) is 0 Å². The van der Waals surface area contributed by atoms with Crippen LogP contribution in [0.25, 0.3) is 0 Å². The molecule has 0 unspecified atom stereocenters. The molecule has 0 heterocycles. The number of nitrogens with zero attached hydrogens (tertiary/aromatic N) is 1. The molecule has 0 aromatic heterocycles. The molecule has 24 heavy (non-hydrogen) atoms. The number of sulfonamides is 1. The fourth-order valence-corrected chi connectivity index (χ4v) is 3.19. The Bertz CT molecular complexity index is 872. The Morgan fingerprint density at radius 3 is 2.38 bits per heavy atom. The van der Waals surface area contributed by atoms with Crippen molar-refractivity contribution in [3.05, 3.63) is 59.2 Å². The van der Waals surface area contributed by atoms with Gasteiger partial charge in [0, 0.05) is 12.6 Å². The average Bonchev–Trinajstić information content (AvgIpc) is 2.50. The number of hydrazone groups is 1. The molecule has 7 heteroatoms. The maximum Gasteiger partial charge on any atom is 0.276 e. The Labute approximate surface area is 141 Å². The fraction of sp³-hybridized carbons (Fsp3) is 0.176. The van der Waals surface area contributed by atoms with E-state index in [0.717, 1.165) is 5.56 Å². The average molecular weight is 345 g/mol. The van der Waals surface area contributed by atoms with Crippen LogP contribution in [0.5, 0.6) is 0 Å². The van der Waals surface area contributed by atoms with Crippen molar-refractivity contribution < 1.29 is 13.2 Å². The summed E-state index contributed by atoms with van der Waals surface area (Å²) in [6.45, 7) is 4.99. The molecule has 0 aliphatic rings. The third-order valence-electron chi connectivity index (χ3n) is 3.25. The molecule has 0 radical (unpaired) electrons. The Kier molecular flexibility index (Phi) is 5.35. The van der Waals surface area contributed by atoms with Crippen molar-refractivity contribution in [3.63, 3.8) is 0 Å². The number of nitrogens with one attached hydrogen (secondary N) is 2. The molecular formula is C17H19N3O3S. The van der Waals surface area contributed by atoms with E-state index in [1.165, 1.54) is 13.1 Å². The zero-order chi connectivity index (χ0) is 17.7. The van der Waals surface area contributed by atoms with E-state index >= 15 is 0 Å². The van der Waals surface area contributed by atoms with E-state index in [4.69, 9.17) is 0 Å². The molecular weight excluding hydrogens is 326 g/mol. The summed E-state index contributed by atoms with van der Waals surface area (Å²) >= 11 is 0. The zero-order valence-electron chi connectivity index (χ0n) is 13.7. The van der Waals surface area contributed by atoms with Gasteiger partial charge in [0.2, 0.25) is 5.91 Å². The van der Waals surface area contributed by atoms with Crippen LogP contribution in [-0.2, 0) is 14.8 Å². The van der Waals surface area contributed by atoms with Crippen molar-refractivity contribution in [1.82, 2.24) is 4.83 Å². The summed E-state index contributed by atoms with van der Waals surface area (Å²) < 4.78 is 24.6. The molecule has 6 nitrogen and oxygen atoms in total. The van der Waals surface area contributed by atoms with Gasteiger partial charge in [0.1, 0.15) is 0 Å². The number of aryl methyl sites for hydroxylation is 2. The van der Waals surface area contributed by atoms with Gasteiger partial charge in [0.05, 0.1) is 11.1 Å². The lowest BCUT2D eigenvalue weighted by Gasteiger charge is -2.07. The standard InChI is InChI=1S/C17H19N3O3S/c1-12-4-5-13(2)17(10-12)24(22,23)20-18-11-15-6-8-16(9-7-15)19-14(3)21/h4-11,20H,1-3H3,(H,19,21). The molecule has 0 aliphatic carbocycles. The Hall–Kier alpha value is -2.67. The lowest BCUT2D eigenvalue weighted by atomic mass is 10.2. The Balaban J connectivity index is 2.10. The Morgan fingerprint density at radius 2 is 1.75 bits per heavy atom. The maximum absolute atomic E-state index is 12.3. The van der Waals surface area contributed by atoms with Crippen LogP contribution < -0.4 is 10.1 Å². The molecule has 0 spiro atoms. The predicted octanol–water partition coefficient (Wildman–Crippen LogP) is 2.57. The quantitative estimate of drug-likeness (QED) is 0.645. The number of amides is 1. The third-order valence-corrected chi connectivity index (χ3v) is 4.62. The summed E-state index contributed by atoms with van der Waals surface area (Å²) in [4.78, 5) is 13.4. The zero-order valence-corrected chi connectivity index (χ0v) is 14.5. The number of anilines is 1. The first kappa shape index (κ1) is 17.7. The number of carbonyl (C=O) groups excluding carboxylic acids is 1. The number of carbonyl (C=O) groups is 1. The first-order chi connectivity index (χ1) is 11.3. The molecule has 2 aromatic carbocycles. The summed E-state index contributed by atoms with van der Waals surface area (Å²) in [5, 5.41) is 6.45. The number of hydrogen-bond acceptors (Lipinski definition) is 4. The third kappa shape index (κ3) is 4.66. The highest BCUT2D eigenvalue weighted by molar-refractivity contribution is 7.89. The summed E-state index contributed by atoms with van der Waals surface area (Å²) in [6, 6.07) is 12.1. The first-order valence-electron chi connectivity index (χ1n) is 7.28. The molecule has 0 bridgehead atoms. The highest BCUT2D eigenvalue weighted by atomic mass is 32.2. The van der Waals surface area contributed by atoms with Gasteiger partial charge in [-0.1, -0.05) is 24.3 Å². The smallest absolute Gasteiger partial charge is 0.276 e. The normalized spacial score (nSPS) is 11.5. The van der Waals surface area contributed by atoms with Crippen LogP contribution >= 0.6 is 0 Å². The molecule has 0 saturated carbocycles. The van der Waals surface area contributed by atoms with Crippen LogP contribution in [0.15, 0.2) is 52.5 Å². The lowest BCUT2D eigenvalue weighted by molar-refractivity contribution is -0.114. The second-order valence-corrected chi connectivity index (χ2v) is 7.05. The fourth-order valence-electron chi connectivity index (χ4n) is 2.07. The van der Waals surface area contributed by atoms with Gasteiger partial charge in [-0.3, -0.25) is 4.79 Å². The highest BCUT2D eigenvalue weighted by Gasteiger charge is 2.15. The van der Waals surface area contributed by atoms with E-state index in [9.17, 15) is 13.2 Å². The van der Waals surface area contributed by atoms with Gasteiger partial charge in [-0.05, 0) is 48.7 Å². The van der Waals surface area contributed by atoms with E-state index in [-0.39, 0.29) is 10.8 Å². The molecule has 0 atom stereocenters. The van der Waals surface area contributed by atoms with E-state index in [1.54, 1.807) is 43.3 Å². The van der Waals surface area contributed by atoms with Gasteiger partial charge in [-0.25, -0.2) is 4.83 Å². The van der Waals surface area contributed by atoms with Gasteiger partial charge in [-0.2, -0.15) is 13.5 Å². The van der Waals surface area contributed by atoms with Crippen LogP contribution in [0.1, 0.15) is 23.6 Å². The molecule has 0 aliphatic heterocycles. The van der Waals surface area contributed by atoms with Gasteiger partial charge in [0.25, 0.3) is 10.0 Å². The number of hydrogen-bond donors (Lipinski definition) is 2. The van der Waals surface area contributed by atoms with Crippen molar-refractivity contribution >= 4 is 27.8 Å². The lowest BCUT2D eigenvalue weighted by Crippen LogP contribution is -2.19. The summed E-state index contributed by atoms with van der Waals surface area (Å²) in [6.07, 6.45) is 1.40. The van der Waals surface area contributed by atoms with Crippen molar-refractivity contribution in [3.8, 4) is 0 Å². The van der Waals surface area contributed by atoms with Gasteiger partial charge < -0.3 is 5.32 Å². The molecule has 2 rings (SSSR count). The van der Waals surface area contributed by atoms with E-state index in [0.29, 0.717) is 16.8 Å². The van der Waals surface area contributed by atoms with Gasteiger partial charge in [0.15, 0.2) is 0 Å². The molecule has 126 valence electrons. The summed E-state index contributed by atoms with van der Waals surface area (Å²) in [5.74, 6) is -0.155. The predicted molar refractivity (Wildman–Crippen MR) is 94.6 cm³/mol. The minimum absolute atomic E-state index is 0.155. The van der Waals surface area contributed by atoms with Crippen molar-refractivity contribution in [1.29, 1.82) is 0 Å². The highest BCUT2D eigenvalue weighted by Crippen LogP contribution is 2.16. The van der Waals surface area contributed by atoms with Gasteiger partial charge >= 0.3 is 0 Å². The van der Waals surface area contributed by atoms with Gasteiger partial charge in [-0.15, -0.1) is 0 Å². The summed E-state index contributed by atoms with van der Waals surface area (Å²) in [7, 11) is -3.71. The first-order valence-corrected chi connectivity index (χ1v) is 8.76. The monoisotopic (exact) mass is 345 g/mol. The minimum Gasteiger partial charge on any atom is -0.326 e. The second-order valence-electron chi connectivity index (χ2n) is 5.43. The minimum atomic E-state index is -3.71. The molecule has 0 fully saturated rings. The number of benzene rings is 2. The van der Waals surface area contributed by atoms with Crippen LogP contribution in [-0.4, -0.2) is 20.5 Å². The SMILES string of the molecule is CC(=O)Nc1ccc(C=NNS(=O)(=O)c2cc(C)ccc2C)cc1. The number of rotatable bonds is 5. The molecule has 2 N–H and O–H groups in total. The Morgan fingerprint density at radius 1 is 1.08 bits per heavy atom. The van der Waals surface area contributed by atoms with E-state index in [2.05, 4.69) is 15.2 Å². The van der Waals surface area contributed by atoms with Crippen LogP contribution in [0, 0.1) is 13.8 Å². The van der Waals surface area contributed by atoms with Crippen LogP contribution in [0.4, 0.5) is 5.69 Å². The van der Waals surface area contributed by atoms with Crippen molar-refractivity contribution in [2.75, 3.05) is 5.32 Å². The molecule has 1 amide bonds. The van der Waals surface area contributed by atoms with Crippen molar-refractivity contribution in [2.45, 2.75) is 25.7 Å². The molecule has 2 aromatic rings. The van der Waals surface area contributed by atoms with E-state index in [1.807, 2.05) is 13.0 Å². The summed E-state index contributed by atoms with van der Waals surface area (Å²) in [5.41, 5.74) is 2.88. The van der Waals surface area contributed by atoms with Crippen molar-refractivity contribution in [2.24, 2.45) is 5.10 Å². The van der Waals surface area contributed by atoms with E-state index < -0.39 is 10.0 Å².